The first-order valence-electron chi connectivity index (χ1n) is 5.88. The molecule has 0 spiro atoms. The topological polar surface area (TPSA) is 60.9 Å². The average molecular weight is 268 g/mol. The van der Waals surface area contributed by atoms with E-state index in [9.17, 15) is 14.7 Å². The maximum Gasteiger partial charge on any atom is 0.254 e. The molecule has 2 heterocycles. The Labute approximate surface area is 110 Å². The normalized spacial score (nSPS) is 17.7. The summed E-state index contributed by atoms with van der Waals surface area (Å²) in [5.74, 6) is -0.252. The number of piperazine rings is 1. The Morgan fingerprint density at radius 1 is 1.28 bits per heavy atom. The van der Waals surface area contributed by atoms with Crippen molar-refractivity contribution in [1.29, 1.82) is 0 Å². The molecule has 1 fully saturated rings. The van der Waals surface area contributed by atoms with E-state index < -0.39 is 6.10 Å². The third-order valence-corrected chi connectivity index (χ3v) is 3.69. The van der Waals surface area contributed by atoms with Gasteiger partial charge in [-0.05, 0) is 18.4 Å². The van der Waals surface area contributed by atoms with E-state index in [1.54, 1.807) is 15.9 Å². The van der Waals surface area contributed by atoms with E-state index >= 15 is 0 Å². The molecule has 2 rings (SSSR count). The Hall–Kier alpha value is -1.40. The van der Waals surface area contributed by atoms with Crippen molar-refractivity contribution in [3.63, 3.8) is 0 Å². The van der Waals surface area contributed by atoms with E-state index in [1.807, 2.05) is 10.8 Å². The van der Waals surface area contributed by atoms with Crippen molar-refractivity contribution in [2.75, 3.05) is 26.2 Å². The Morgan fingerprint density at radius 3 is 2.39 bits per heavy atom. The molecule has 98 valence electrons. The van der Waals surface area contributed by atoms with E-state index in [2.05, 4.69) is 0 Å². The van der Waals surface area contributed by atoms with Crippen LogP contribution in [0.3, 0.4) is 0 Å². The number of hydrogen-bond acceptors (Lipinski definition) is 4. The first-order chi connectivity index (χ1) is 8.59. The van der Waals surface area contributed by atoms with E-state index in [4.69, 9.17) is 0 Å². The van der Waals surface area contributed by atoms with Crippen LogP contribution in [-0.4, -0.2) is 59.0 Å². The predicted molar refractivity (Wildman–Crippen MR) is 68.5 cm³/mol. The lowest BCUT2D eigenvalue weighted by atomic mass is 10.2. The highest BCUT2D eigenvalue weighted by molar-refractivity contribution is 7.08. The molecule has 0 aliphatic carbocycles. The minimum absolute atomic E-state index is 0.0143. The van der Waals surface area contributed by atoms with Crippen LogP contribution in [0, 0.1) is 0 Å². The van der Waals surface area contributed by atoms with Crippen LogP contribution in [0.25, 0.3) is 0 Å². The number of carbonyl (C=O) groups excluding carboxylic acids is 2. The van der Waals surface area contributed by atoms with E-state index in [1.165, 1.54) is 18.3 Å². The molecule has 1 aromatic rings. The highest BCUT2D eigenvalue weighted by atomic mass is 32.1. The van der Waals surface area contributed by atoms with Crippen molar-refractivity contribution in [1.82, 2.24) is 9.80 Å². The summed E-state index contributed by atoms with van der Waals surface area (Å²) in [5.41, 5.74) is 0.704. The summed E-state index contributed by atoms with van der Waals surface area (Å²) in [6.45, 7) is 3.48. The highest BCUT2D eigenvalue weighted by Gasteiger charge is 2.26. The number of hydrogen-bond donors (Lipinski definition) is 1. The molecule has 0 saturated carbocycles. The number of aliphatic hydroxyl groups is 1. The van der Waals surface area contributed by atoms with Crippen LogP contribution in [0.1, 0.15) is 17.3 Å². The summed E-state index contributed by atoms with van der Waals surface area (Å²) in [5, 5.41) is 12.9. The van der Waals surface area contributed by atoms with Gasteiger partial charge in [0, 0.05) is 31.6 Å². The SMILES string of the molecule is CC(O)C(=O)N1CCN(C(=O)c2ccsc2)CC1. The number of aliphatic hydroxyl groups excluding tert-OH is 1. The first kappa shape index (κ1) is 13.0. The largest absolute Gasteiger partial charge is 0.384 e. The van der Waals surface area contributed by atoms with Gasteiger partial charge in [0.1, 0.15) is 6.10 Å². The summed E-state index contributed by atoms with van der Waals surface area (Å²) in [7, 11) is 0. The van der Waals surface area contributed by atoms with Crippen molar-refractivity contribution in [3.05, 3.63) is 22.4 Å². The number of nitrogens with zero attached hydrogens (tertiary/aromatic N) is 2. The Bertz CT molecular complexity index is 423. The van der Waals surface area contributed by atoms with Crippen molar-refractivity contribution < 1.29 is 14.7 Å². The molecule has 2 amide bonds. The molecule has 1 aliphatic rings. The van der Waals surface area contributed by atoms with E-state index in [-0.39, 0.29) is 11.8 Å². The average Bonchev–Trinajstić information content (AvgIpc) is 2.91. The molecule has 1 atom stereocenters. The molecule has 1 saturated heterocycles. The molecule has 1 aliphatic heterocycles. The predicted octanol–water partition coefficient (Wildman–Crippen LogP) is 0.413. The van der Waals surface area contributed by atoms with Gasteiger partial charge in [-0.15, -0.1) is 0 Å². The standard InChI is InChI=1S/C12H16N2O3S/c1-9(15)11(16)13-3-5-14(6-4-13)12(17)10-2-7-18-8-10/h2,7-9,15H,3-6H2,1H3. The summed E-state index contributed by atoms with van der Waals surface area (Å²) in [6.07, 6.45) is -0.968. The summed E-state index contributed by atoms with van der Waals surface area (Å²) in [6, 6.07) is 1.81. The Morgan fingerprint density at radius 2 is 1.89 bits per heavy atom. The van der Waals surface area contributed by atoms with Gasteiger partial charge in [-0.25, -0.2) is 0 Å². The van der Waals surface area contributed by atoms with Crippen LogP contribution in [0.5, 0.6) is 0 Å². The molecule has 0 aromatic carbocycles. The van der Waals surface area contributed by atoms with Crippen molar-refractivity contribution in [3.8, 4) is 0 Å². The lowest BCUT2D eigenvalue weighted by Crippen LogP contribution is -2.52. The number of thiophene rings is 1. The molecule has 0 bridgehead atoms. The minimum Gasteiger partial charge on any atom is -0.384 e. The molecular formula is C12H16N2O3S. The van der Waals surface area contributed by atoms with Crippen LogP contribution in [-0.2, 0) is 4.79 Å². The maximum atomic E-state index is 12.1. The van der Waals surface area contributed by atoms with Gasteiger partial charge in [0.25, 0.3) is 11.8 Å². The van der Waals surface area contributed by atoms with Crippen molar-refractivity contribution in [2.45, 2.75) is 13.0 Å². The smallest absolute Gasteiger partial charge is 0.254 e. The van der Waals surface area contributed by atoms with Gasteiger partial charge in [0.2, 0.25) is 0 Å². The fourth-order valence-corrected chi connectivity index (χ4v) is 2.59. The lowest BCUT2D eigenvalue weighted by Gasteiger charge is -2.35. The highest BCUT2D eigenvalue weighted by Crippen LogP contribution is 2.12. The molecule has 18 heavy (non-hydrogen) atoms. The van der Waals surface area contributed by atoms with Crippen LogP contribution < -0.4 is 0 Å². The quantitative estimate of drug-likeness (QED) is 0.845. The van der Waals surface area contributed by atoms with Crippen LogP contribution in [0.15, 0.2) is 16.8 Å². The van der Waals surface area contributed by atoms with Crippen molar-refractivity contribution >= 4 is 23.2 Å². The molecule has 1 unspecified atom stereocenters. The minimum atomic E-state index is -0.968. The van der Waals surface area contributed by atoms with Gasteiger partial charge in [0.05, 0.1) is 5.56 Å². The molecule has 0 radical (unpaired) electrons. The van der Waals surface area contributed by atoms with Gasteiger partial charge in [-0.2, -0.15) is 11.3 Å². The maximum absolute atomic E-state index is 12.1. The molecule has 1 aromatic heterocycles. The first-order valence-corrected chi connectivity index (χ1v) is 6.82. The lowest BCUT2D eigenvalue weighted by molar-refractivity contribution is -0.140. The fraction of sp³-hybridized carbons (Fsp3) is 0.500. The van der Waals surface area contributed by atoms with Gasteiger partial charge in [0.15, 0.2) is 0 Å². The van der Waals surface area contributed by atoms with Gasteiger partial charge >= 0.3 is 0 Å². The zero-order valence-corrected chi connectivity index (χ0v) is 11.0. The Kier molecular flexibility index (Phi) is 3.98. The second-order valence-electron chi connectivity index (χ2n) is 4.31. The molecule has 6 heteroatoms. The third kappa shape index (κ3) is 2.70. The monoisotopic (exact) mass is 268 g/mol. The summed E-state index contributed by atoms with van der Waals surface area (Å²) in [4.78, 5) is 27.0. The van der Waals surface area contributed by atoms with Gasteiger partial charge in [-0.3, -0.25) is 9.59 Å². The second-order valence-corrected chi connectivity index (χ2v) is 5.09. The third-order valence-electron chi connectivity index (χ3n) is 3.00. The fourth-order valence-electron chi connectivity index (χ4n) is 1.96. The van der Waals surface area contributed by atoms with Crippen molar-refractivity contribution in [2.24, 2.45) is 0 Å². The zero-order chi connectivity index (χ0) is 13.1. The summed E-state index contributed by atoms with van der Waals surface area (Å²) >= 11 is 1.50. The van der Waals surface area contributed by atoms with Crippen LogP contribution >= 0.6 is 11.3 Å². The van der Waals surface area contributed by atoms with Crippen LogP contribution in [0.2, 0.25) is 0 Å². The molecule has 1 N–H and O–H groups in total. The van der Waals surface area contributed by atoms with Crippen LogP contribution in [0.4, 0.5) is 0 Å². The van der Waals surface area contributed by atoms with Gasteiger partial charge in [-0.1, -0.05) is 0 Å². The number of amides is 2. The second kappa shape index (κ2) is 5.49. The Balaban J connectivity index is 1.91. The van der Waals surface area contributed by atoms with E-state index in [0.29, 0.717) is 31.7 Å². The molecular weight excluding hydrogens is 252 g/mol. The summed E-state index contributed by atoms with van der Waals surface area (Å²) < 4.78 is 0. The van der Waals surface area contributed by atoms with E-state index in [0.717, 1.165) is 0 Å². The molecule has 5 nitrogen and oxygen atoms in total. The zero-order valence-electron chi connectivity index (χ0n) is 10.2. The van der Waals surface area contributed by atoms with Gasteiger partial charge < -0.3 is 14.9 Å². The number of rotatable bonds is 2. The number of carbonyl (C=O) groups is 2.